The molecule has 1 aliphatic heterocycles. The molecule has 2 unspecified atom stereocenters. The van der Waals surface area contributed by atoms with E-state index in [2.05, 4.69) is 22.0 Å². The van der Waals surface area contributed by atoms with Gasteiger partial charge >= 0.3 is 0 Å². The van der Waals surface area contributed by atoms with Crippen molar-refractivity contribution in [1.82, 2.24) is 9.88 Å². The maximum atomic E-state index is 10.4. The number of aliphatic hydroxyl groups is 1. The van der Waals surface area contributed by atoms with Crippen molar-refractivity contribution < 1.29 is 14.6 Å². The van der Waals surface area contributed by atoms with E-state index < -0.39 is 6.10 Å². The van der Waals surface area contributed by atoms with Crippen LogP contribution >= 0.6 is 0 Å². The minimum Gasteiger partial charge on any atom is -0.494 e. The van der Waals surface area contributed by atoms with Crippen molar-refractivity contribution in [3.63, 3.8) is 0 Å². The predicted molar refractivity (Wildman–Crippen MR) is 96.9 cm³/mol. The van der Waals surface area contributed by atoms with Crippen LogP contribution in [0.4, 0.5) is 0 Å². The summed E-state index contributed by atoms with van der Waals surface area (Å²) >= 11 is 0. The topological polar surface area (TPSA) is 54.8 Å². The maximum absolute atomic E-state index is 10.4. The SMILES string of the molecule is CCOc1ccc(OCC(O)CN2CCCC2c2ccncc2)cc1. The van der Waals surface area contributed by atoms with E-state index >= 15 is 0 Å². The molecule has 5 nitrogen and oxygen atoms in total. The molecule has 5 heteroatoms. The third-order valence-corrected chi connectivity index (χ3v) is 4.48. The standard InChI is InChI=1S/C20H26N2O3/c1-2-24-18-5-7-19(8-6-18)25-15-17(23)14-22-13-3-4-20(22)16-9-11-21-12-10-16/h5-12,17,20,23H,2-4,13-15H2,1H3. The van der Waals surface area contributed by atoms with E-state index in [1.807, 2.05) is 43.6 Å². The maximum Gasteiger partial charge on any atom is 0.119 e. The van der Waals surface area contributed by atoms with E-state index in [1.54, 1.807) is 0 Å². The Morgan fingerprint density at radius 3 is 2.48 bits per heavy atom. The third-order valence-electron chi connectivity index (χ3n) is 4.48. The molecule has 2 atom stereocenters. The van der Waals surface area contributed by atoms with Crippen molar-refractivity contribution >= 4 is 0 Å². The van der Waals surface area contributed by atoms with Crippen molar-refractivity contribution in [1.29, 1.82) is 0 Å². The van der Waals surface area contributed by atoms with Crippen LogP contribution in [0.3, 0.4) is 0 Å². The monoisotopic (exact) mass is 342 g/mol. The molecule has 1 aromatic carbocycles. The summed E-state index contributed by atoms with van der Waals surface area (Å²) in [6, 6.07) is 12.0. The van der Waals surface area contributed by atoms with Gasteiger partial charge in [0.2, 0.25) is 0 Å². The van der Waals surface area contributed by atoms with E-state index in [0.29, 0.717) is 19.2 Å². The number of β-amino-alcohol motifs (C(OH)–C–C–N with tert-alkyl or cyclic N) is 1. The Kier molecular flexibility index (Phi) is 6.25. The Morgan fingerprint density at radius 1 is 1.12 bits per heavy atom. The number of hydrogen-bond donors (Lipinski definition) is 1. The molecular weight excluding hydrogens is 316 g/mol. The normalized spacial score (nSPS) is 18.9. The fourth-order valence-corrected chi connectivity index (χ4v) is 3.32. The molecule has 1 fully saturated rings. The number of pyridine rings is 1. The van der Waals surface area contributed by atoms with Gasteiger partial charge in [-0.15, -0.1) is 0 Å². The predicted octanol–water partition coefficient (Wildman–Crippen LogP) is 3.06. The minimum absolute atomic E-state index is 0.285. The van der Waals surface area contributed by atoms with Crippen molar-refractivity contribution in [2.45, 2.75) is 31.9 Å². The molecular formula is C20H26N2O3. The molecule has 0 spiro atoms. The number of likely N-dealkylation sites (tertiary alicyclic amines) is 1. The zero-order valence-corrected chi connectivity index (χ0v) is 14.7. The molecule has 1 aromatic heterocycles. The average molecular weight is 342 g/mol. The lowest BCUT2D eigenvalue weighted by atomic mass is 10.1. The highest BCUT2D eigenvalue weighted by Gasteiger charge is 2.27. The second kappa shape index (κ2) is 8.83. The van der Waals surface area contributed by atoms with Crippen LogP contribution in [0.1, 0.15) is 31.4 Å². The quantitative estimate of drug-likeness (QED) is 0.799. The van der Waals surface area contributed by atoms with Gasteiger partial charge < -0.3 is 14.6 Å². The largest absolute Gasteiger partial charge is 0.494 e. The number of aromatic nitrogens is 1. The summed E-state index contributed by atoms with van der Waals surface area (Å²) in [5.41, 5.74) is 1.27. The summed E-state index contributed by atoms with van der Waals surface area (Å²) in [4.78, 5) is 6.42. The molecule has 0 radical (unpaired) electrons. The van der Waals surface area contributed by atoms with Gasteiger partial charge in [0.05, 0.1) is 6.61 Å². The van der Waals surface area contributed by atoms with E-state index in [4.69, 9.17) is 9.47 Å². The Bertz CT molecular complexity index is 633. The zero-order valence-electron chi connectivity index (χ0n) is 14.7. The number of ether oxygens (including phenoxy) is 2. The molecule has 134 valence electrons. The van der Waals surface area contributed by atoms with Crippen LogP contribution in [0.15, 0.2) is 48.8 Å². The van der Waals surface area contributed by atoms with Crippen LogP contribution < -0.4 is 9.47 Å². The van der Waals surface area contributed by atoms with Crippen LogP contribution in [0.5, 0.6) is 11.5 Å². The van der Waals surface area contributed by atoms with E-state index in [1.165, 1.54) is 5.56 Å². The molecule has 1 saturated heterocycles. The summed E-state index contributed by atoms with van der Waals surface area (Å²) < 4.78 is 11.1. The van der Waals surface area contributed by atoms with Crippen molar-refractivity contribution in [3.05, 3.63) is 54.4 Å². The van der Waals surface area contributed by atoms with E-state index in [-0.39, 0.29) is 6.61 Å². The lowest BCUT2D eigenvalue weighted by Crippen LogP contribution is -2.35. The fraction of sp³-hybridized carbons (Fsp3) is 0.450. The smallest absolute Gasteiger partial charge is 0.119 e. The molecule has 0 saturated carbocycles. The van der Waals surface area contributed by atoms with Gasteiger partial charge in [0, 0.05) is 25.0 Å². The molecule has 2 heterocycles. The van der Waals surface area contributed by atoms with E-state index in [9.17, 15) is 5.11 Å². The highest BCUT2D eigenvalue weighted by atomic mass is 16.5. The molecule has 0 amide bonds. The van der Waals surface area contributed by atoms with Gasteiger partial charge in [-0.3, -0.25) is 9.88 Å². The fourth-order valence-electron chi connectivity index (χ4n) is 3.32. The number of nitrogens with zero attached hydrogens (tertiary/aromatic N) is 2. The Labute approximate surface area is 149 Å². The molecule has 0 aliphatic carbocycles. The third kappa shape index (κ3) is 4.94. The highest BCUT2D eigenvalue weighted by molar-refractivity contribution is 5.31. The van der Waals surface area contributed by atoms with Gasteiger partial charge in [-0.2, -0.15) is 0 Å². The molecule has 25 heavy (non-hydrogen) atoms. The second-order valence-electron chi connectivity index (χ2n) is 6.30. The number of benzene rings is 1. The molecule has 2 aromatic rings. The molecule has 1 aliphatic rings. The number of aliphatic hydroxyl groups excluding tert-OH is 1. The summed E-state index contributed by atoms with van der Waals surface area (Å²) in [6.07, 6.45) is 5.42. The Hall–Kier alpha value is -2.11. The zero-order chi connectivity index (χ0) is 17.5. The average Bonchev–Trinajstić information content (AvgIpc) is 3.10. The molecule has 1 N–H and O–H groups in total. The van der Waals surface area contributed by atoms with Gasteiger partial charge in [-0.25, -0.2) is 0 Å². The van der Waals surface area contributed by atoms with Gasteiger partial charge in [0.15, 0.2) is 0 Å². The number of hydrogen-bond acceptors (Lipinski definition) is 5. The summed E-state index contributed by atoms with van der Waals surface area (Å²) in [5, 5.41) is 10.4. The lowest BCUT2D eigenvalue weighted by molar-refractivity contribution is 0.0638. The lowest BCUT2D eigenvalue weighted by Gasteiger charge is -2.27. The summed E-state index contributed by atoms with van der Waals surface area (Å²) in [7, 11) is 0. The van der Waals surface area contributed by atoms with Gasteiger partial charge in [0.25, 0.3) is 0 Å². The minimum atomic E-state index is -0.519. The van der Waals surface area contributed by atoms with Crippen LogP contribution in [-0.4, -0.2) is 47.4 Å². The Morgan fingerprint density at radius 2 is 1.80 bits per heavy atom. The van der Waals surface area contributed by atoms with E-state index in [0.717, 1.165) is 30.9 Å². The van der Waals surface area contributed by atoms with Crippen LogP contribution in [0.25, 0.3) is 0 Å². The van der Waals surface area contributed by atoms with Gasteiger partial charge in [0.1, 0.15) is 24.2 Å². The molecule has 3 rings (SSSR count). The first-order chi connectivity index (χ1) is 12.3. The van der Waals surface area contributed by atoms with Gasteiger partial charge in [-0.1, -0.05) is 0 Å². The molecule has 0 bridgehead atoms. The van der Waals surface area contributed by atoms with Crippen LogP contribution in [0, 0.1) is 0 Å². The highest BCUT2D eigenvalue weighted by Crippen LogP contribution is 2.31. The first-order valence-electron chi connectivity index (χ1n) is 8.94. The van der Waals surface area contributed by atoms with Gasteiger partial charge in [-0.05, 0) is 68.3 Å². The van der Waals surface area contributed by atoms with Crippen LogP contribution in [-0.2, 0) is 0 Å². The van der Waals surface area contributed by atoms with Crippen LogP contribution in [0.2, 0.25) is 0 Å². The van der Waals surface area contributed by atoms with Crippen molar-refractivity contribution in [3.8, 4) is 11.5 Å². The first-order valence-corrected chi connectivity index (χ1v) is 8.94. The Balaban J connectivity index is 1.49. The summed E-state index contributed by atoms with van der Waals surface area (Å²) in [5.74, 6) is 1.57. The van der Waals surface area contributed by atoms with Crippen molar-refractivity contribution in [2.24, 2.45) is 0 Å². The first kappa shape index (κ1) is 17.7. The van der Waals surface area contributed by atoms with Crippen molar-refractivity contribution in [2.75, 3.05) is 26.3 Å². The second-order valence-corrected chi connectivity index (χ2v) is 6.30. The number of rotatable bonds is 8. The summed E-state index contributed by atoms with van der Waals surface area (Å²) in [6.45, 7) is 4.51.